The van der Waals surface area contributed by atoms with Crippen LogP contribution in [0.2, 0.25) is 0 Å². The largest absolute Gasteiger partial charge is 0.481 e. The Morgan fingerprint density at radius 1 is 1.15 bits per heavy atom. The summed E-state index contributed by atoms with van der Waals surface area (Å²) in [5, 5.41) is 7.73. The molecule has 6 nitrogen and oxygen atoms in total. The maximum atomic E-state index is 12.5. The van der Waals surface area contributed by atoms with Crippen molar-refractivity contribution < 1.29 is 14.4 Å². The molecule has 4 rings (SSSR count). The van der Waals surface area contributed by atoms with Gasteiger partial charge in [0.15, 0.2) is 6.10 Å². The number of oxime groups is 1. The van der Waals surface area contributed by atoms with Crippen LogP contribution in [-0.2, 0) is 9.63 Å². The number of carbonyl (C=O) groups excluding carboxylic acids is 1. The van der Waals surface area contributed by atoms with Crippen molar-refractivity contribution in [1.29, 1.82) is 0 Å². The van der Waals surface area contributed by atoms with Gasteiger partial charge < -0.3 is 14.9 Å². The minimum absolute atomic E-state index is 0.217. The van der Waals surface area contributed by atoms with Crippen molar-refractivity contribution in [2.45, 2.75) is 12.5 Å². The van der Waals surface area contributed by atoms with Gasteiger partial charge >= 0.3 is 0 Å². The Morgan fingerprint density at radius 2 is 2.00 bits per heavy atom. The SMILES string of the molecule is COc1ccc2cc(NC(=O)C3=NOC(c4ccccc4)C3)ccc2n1. The average Bonchev–Trinajstić information content (AvgIpc) is 3.18. The summed E-state index contributed by atoms with van der Waals surface area (Å²) in [7, 11) is 1.58. The molecule has 0 saturated heterocycles. The van der Waals surface area contributed by atoms with Crippen molar-refractivity contribution in [3.63, 3.8) is 0 Å². The summed E-state index contributed by atoms with van der Waals surface area (Å²) in [5.41, 5.74) is 2.87. The van der Waals surface area contributed by atoms with E-state index in [0.29, 0.717) is 23.7 Å². The fraction of sp³-hybridized carbons (Fsp3) is 0.150. The van der Waals surface area contributed by atoms with Gasteiger partial charge in [-0.25, -0.2) is 4.98 Å². The summed E-state index contributed by atoms with van der Waals surface area (Å²) in [6.07, 6.45) is 0.229. The van der Waals surface area contributed by atoms with E-state index in [1.165, 1.54) is 0 Å². The molecule has 1 N–H and O–H groups in total. The fourth-order valence-electron chi connectivity index (χ4n) is 2.86. The molecule has 6 heteroatoms. The molecule has 26 heavy (non-hydrogen) atoms. The number of rotatable bonds is 4. The molecule has 2 heterocycles. The van der Waals surface area contributed by atoms with Crippen LogP contribution in [-0.4, -0.2) is 23.7 Å². The number of anilines is 1. The second-order valence-electron chi connectivity index (χ2n) is 5.96. The van der Waals surface area contributed by atoms with Gasteiger partial charge in [0.2, 0.25) is 5.88 Å². The molecule has 0 bridgehead atoms. The molecule has 1 atom stereocenters. The summed E-state index contributed by atoms with van der Waals surface area (Å²) in [6, 6.07) is 18.9. The summed E-state index contributed by atoms with van der Waals surface area (Å²) >= 11 is 0. The van der Waals surface area contributed by atoms with Crippen LogP contribution in [0.1, 0.15) is 18.1 Å². The zero-order chi connectivity index (χ0) is 17.9. The first-order chi connectivity index (χ1) is 12.7. The molecule has 1 aromatic heterocycles. The van der Waals surface area contributed by atoms with Crippen LogP contribution in [0, 0.1) is 0 Å². The first-order valence-electron chi connectivity index (χ1n) is 8.27. The zero-order valence-corrected chi connectivity index (χ0v) is 14.2. The highest BCUT2D eigenvalue weighted by Crippen LogP contribution is 2.27. The molecule has 0 spiro atoms. The van der Waals surface area contributed by atoms with Crippen LogP contribution in [0.25, 0.3) is 10.9 Å². The third-order valence-corrected chi connectivity index (χ3v) is 4.23. The van der Waals surface area contributed by atoms with Crippen LogP contribution in [0.15, 0.2) is 65.8 Å². The smallest absolute Gasteiger partial charge is 0.273 e. The van der Waals surface area contributed by atoms with E-state index in [-0.39, 0.29) is 12.0 Å². The van der Waals surface area contributed by atoms with Gasteiger partial charge in [0.1, 0.15) is 5.71 Å². The number of hydrogen-bond acceptors (Lipinski definition) is 5. The van der Waals surface area contributed by atoms with Gasteiger partial charge in [0.25, 0.3) is 5.91 Å². The molecule has 130 valence electrons. The Hall–Kier alpha value is -3.41. The number of benzene rings is 2. The molecule has 0 aliphatic carbocycles. The number of nitrogens with zero attached hydrogens (tertiary/aromatic N) is 2. The molecule has 0 radical (unpaired) electrons. The molecular weight excluding hydrogens is 330 g/mol. The standard InChI is InChI=1S/C20H17N3O3/c1-25-19-10-7-14-11-15(8-9-16(14)22-19)21-20(24)17-12-18(26-23-17)13-5-3-2-4-6-13/h2-11,18H,12H2,1H3,(H,21,24). The minimum Gasteiger partial charge on any atom is -0.481 e. The van der Waals surface area contributed by atoms with Crippen molar-refractivity contribution >= 4 is 28.2 Å². The van der Waals surface area contributed by atoms with Crippen molar-refractivity contribution in [3.05, 3.63) is 66.2 Å². The highest BCUT2D eigenvalue weighted by atomic mass is 16.6. The van der Waals surface area contributed by atoms with Gasteiger partial charge in [-0.1, -0.05) is 35.5 Å². The van der Waals surface area contributed by atoms with E-state index < -0.39 is 0 Å². The number of aromatic nitrogens is 1. The Balaban J connectivity index is 1.46. The number of amides is 1. The van der Waals surface area contributed by atoms with Gasteiger partial charge in [-0.3, -0.25) is 4.79 Å². The third-order valence-electron chi connectivity index (χ3n) is 4.23. The van der Waals surface area contributed by atoms with E-state index in [1.807, 2.05) is 48.5 Å². The van der Waals surface area contributed by atoms with E-state index in [4.69, 9.17) is 9.57 Å². The van der Waals surface area contributed by atoms with Crippen molar-refractivity contribution in [2.24, 2.45) is 5.16 Å². The van der Waals surface area contributed by atoms with Gasteiger partial charge in [-0.05, 0) is 29.8 Å². The Labute approximate surface area is 150 Å². The Bertz CT molecular complexity index is 986. The highest BCUT2D eigenvalue weighted by molar-refractivity contribution is 6.43. The lowest BCUT2D eigenvalue weighted by molar-refractivity contribution is -0.110. The van der Waals surface area contributed by atoms with E-state index in [2.05, 4.69) is 15.5 Å². The molecule has 1 aliphatic heterocycles. The van der Waals surface area contributed by atoms with E-state index in [9.17, 15) is 4.79 Å². The van der Waals surface area contributed by atoms with Gasteiger partial charge in [0, 0.05) is 23.6 Å². The lowest BCUT2D eigenvalue weighted by Crippen LogP contribution is -2.21. The number of fused-ring (bicyclic) bond motifs is 1. The van der Waals surface area contributed by atoms with Crippen LogP contribution in [0.5, 0.6) is 5.88 Å². The predicted molar refractivity (Wildman–Crippen MR) is 99.2 cm³/mol. The Kier molecular flexibility index (Phi) is 4.23. The summed E-state index contributed by atoms with van der Waals surface area (Å²) in [4.78, 5) is 22.2. The van der Waals surface area contributed by atoms with E-state index >= 15 is 0 Å². The molecule has 1 amide bonds. The number of methoxy groups -OCH3 is 1. The second kappa shape index (κ2) is 6.84. The van der Waals surface area contributed by atoms with Gasteiger partial charge in [-0.2, -0.15) is 0 Å². The van der Waals surface area contributed by atoms with E-state index in [1.54, 1.807) is 19.2 Å². The van der Waals surface area contributed by atoms with Crippen molar-refractivity contribution in [3.8, 4) is 5.88 Å². The van der Waals surface area contributed by atoms with Gasteiger partial charge in [-0.15, -0.1) is 0 Å². The summed E-state index contributed by atoms with van der Waals surface area (Å²) in [6.45, 7) is 0. The first kappa shape index (κ1) is 16.1. The molecule has 1 aliphatic rings. The number of carbonyl (C=O) groups is 1. The molecule has 0 saturated carbocycles. The second-order valence-corrected chi connectivity index (χ2v) is 5.96. The summed E-state index contributed by atoms with van der Waals surface area (Å²) in [5.74, 6) is 0.294. The van der Waals surface area contributed by atoms with E-state index in [0.717, 1.165) is 16.5 Å². The van der Waals surface area contributed by atoms with Crippen LogP contribution >= 0.6 is 0 Å². The molecule has 1 unspecified atom stereocenters. The lowest BCUT2D eigenvalue weighted by atomic mass is 10.0. The van der Waals surface area contributed by atoms with Crippen LogP contribution in [0.3, 0.4) is 0 Å². The number of hydrogen-bond donors (Lipinski definition) is 1. The maximum Gasteiger partial charge on any atom is 0.273 e. The normalized spacial score (nSPS) is 16.0. The predicted octanol–water partition coefficient (Wildman–Crippen LogP) is 3.70. The Morgan fingerprint density at radius 3 is 2.81 bits per heavy atom. The van der Waals surface area contributed by atoms with Crippen LogP contribution < -0.4 is 10.1 Å². The van der Waals surface area contributed by atoms with Crippen molar-refractivity contribution in [2.75, 3.05) is 12.4 Å². The highest BCUT2D eigenvalue weighted by Gasteiger charge is 2.27. The minimum atomic E-state index is -0.260. The lowest BCUT2D eigenvalue weighted by Gasteiger charge is -2.08. The summed E-state index contributed by atoms with van der Waals surface area (Å²) < 4.78 is 5.12. The number of ether oxygens (including phenoxy) is 1. The van der Waals surface area contributed by atoms with Crippen molar-refractivity contribution in [1.82, 2.24) is 4.98 Å². The maximum absolute atomic E-state index is 12.5. The molecule has 2 aromatic carbocycles. The topological polar surface area (TPSA) is 72.8 Å². The first-order valence-corrected chi connectivity index (χ1v) is 8.27. The van der Waals surface area contributed by atoms with Gasteiger partial charge in [0.05, 0.1) is 12.6 Å². The monoisotopic (exact) mass is 347 g/mol. The number of nitrogens with one attached hydrogen (secondary N) is 1. The average molecular weight is 347 g/mol. The zero-order valence-electron chi connectivity index (χ0n) is 14.2. The number of pyridine rings is 1. The molecular formula is C20H17N3O3. The quantitative estimate of drug-likeness (QED) is 0.781. The molecule has 0 fully saturated rings. The third kappa shape index (κ3) is 3.21. The fourth-order valence-corrected chi connectivity index (χ4v) is 2.86. The molecule has 3 aromatic rings. The van der Waals surface area contributed by atoms with Crippen LogP contribution in [0.4, 0.5) is 5.69 Å².